The molecule has 1 aliphatic heterocycles. The second-order valence-electron chi connectivity index (χ2n) is 16.8. The highest BCUT2D eigenvalue weighted by Gasteiger charge is 2.61. The minimum Gasteiger partial charge on any atom is -0.478 e. The van der Waals surface area contributed by atoms with Gasteiger partial charge in [0.15, 0.2) is 5.96 Å². The van der Waals surface area contributed by atoms with E-state index in [4.69, 9.17) is 5.73 Å². The van der Waals surface area contributed by atoms with Crippen LogP contribution in [0.1, 0.15) is 86.3 Å². The van der Waals surface area contributed by atoms with Gasteiger partial charge in [-0.3, -0.25) is 4.99 Å². The molecule has 56 heavy (non-hydrogen) atoms. The molecule has 6 bridgehead atoms. The molecule has 10 atom stereocenters. The first-order valence-electron chi connectivity index (χ1n) is 20.7. The Morgan fingerprint density at radius 1 is 1.02 bits per heavy atom. The number of carboxylic acids is 1. The van der Waals surface area contributed by atoms with Crippen LogP contribution in [0.25, 0.3) is 10.8 Å². The molecule has 294 valence electrons. The standard InChI is InChI=1S/C46H55N5O5/c47-45-49-19-15-39(50-45)37(26-41(55)56)46(51-40-9-4-18-48-40)17-14-32-25-38(46)44-34-13-12-30(8-3-1-2-6-29(27-54)7-5-20-52)43(44)36-24-33-22-28(16-21-53)10-11-31(33)23-35(36)42(32)34/h4,9-14,17-18,21-24,26-27,29-30,32,34,38-39,42-44,48,51-52H,1-3,5-8,15-16,19-20,25H2,(H,55,56)(H3,47,49,50)/b37-26+/t29-,30-,32+,34+,38-,39+,42+,43-,44+,46-/m0/s1. The third-order valence-electron chi connectivity index (χ3n) is 13.7. The summed E-state index contributed by atoms with van der Waals surface area (Å²) < 4.78 is 0. The lowest BCUT2D eigenvalue weighted by Crippen LogP contribution is -2.62. The first-order valence-corrected chi connectivity index (χ1v) is 20.7. The first-order chi connectivity index (χ1) is 27.3. The van der Waals surface area contributed by atoms with Crippen LogP contribution in [-0.2, 0) is 20.8 Å². The summed E-state index contributed by atoms with van der Waals surface area (Å²) in [6.07, 6.45) is 23.2. The number of hydrogen-bond acceptors (Lipinski definition) is 8. The summed E-state index contributed by atoms with van der Waals surface area (Å²) >= 11 is 0. The number of carboxylic acid groups (broad SMARTS) is 1. The second kappa shape index (κ2) is 16.3. The molecule has 10 heteroatoms. The Hall–Kier alpha value is -4.96. The number of nitrogens with zero attached hydrogens (tertiary/aromatic N) is 1. The second-order valence-corrected chi connectivity index (χ2v) is 16.8. The number of H-pyrrole nitrogens is 1. The maximum Gasteiger partial charge on any atom is 0.328 e. The summed E-state index contributed by atoms with van der Waals surface area (Å²) in [5.41, 5.74) is 10.0. The number of guanidine groups is 1. The van der Waals surface area contributed by atoms with Gasteiger partial charge in [-0.2, -0.15) is 0 Å². The largest absolute Gasteiger partial charge is 0.478 e. The van der Waals surface area contributed by atoms with Crippen molar-refractivity contribution < 1.29 is 24.6 Å². The van der Waals surface area contributed by atoms with Crippen molar-refractivity contribution in [1.82, 2.24) is 10.3 Å². The highest BCUT2D eigenvalue weighted by atomic mass is 16.4. The van der Waals surface area contributed by atoms with Gasteiger partial charge in [-0.05, 0) is 125 Å². The first kappa shape index (κ1) is 37.9. The molecule has 1 saturated carbocycles. The predicted molar refractivity (Wildman–Crippen MR) is 219 cm³/mol. The van der Waals surface area contributed by atoms with E-state index in [0.29, 0.717) is 37.7 Å². The monoisotopic (exact) mass is 757 g/mol. The number of rotatable bonds is 17. The number of carbonyl (C=O) groups is 3. The fraction of sp³-hybridized carbons (Fsp3) is 0.478. The van der Waals surface area contributed by atoms with Crippen molar-refractivity contribution in [2.24, 2.45) is 46.2 Å². The van der Waals surface area contributed by atoms with Crippen LogP contribution in [0.2, 0.25) is 0 Å². The molecule has 5 aliphatic rings. The van der Waals surface area contributed by atoms with Crippen molar-refractivity contribution in [2.45, 2.75) is 87.6 Å². The van der Waals surface area contributed by atoms with E-state index in [-0.39, 0.29) is 54.1 Å². The van der Waals surface area contributed by atoms with Gasteiger partial charge in [0.05, 0.1) is 11.6 Å². The number of nitrogens with one attached hydrogen (secondary N) is 3. The number of aliphatic carboxylic acids is 1. The number of aliphatic hydroxyl groups excluding tert-OH is 1. The predicted octanol–water partition coefficient (Wildman–Crippen LogP) is 6.79. The zero-order chi connectivity index (χ0) is 38.8. The molecule has 1 aromatic heterocycles. The molecular weight excluding hydrogens is 703 g/mol. The van der Waals surface area contributed by atoms with E-state index in [1.807, 2.05) is 18.3 Å². The minimum absolute atomic E-state index is 0.000177. The molecule has 0 radical (unpaired) electrons. The number of hydrogen-bond donors (Lipinski definition) is 6. The van der Waals surface area contributed by atoms with Crippen molar-refractivity contribution in [2.75, 3.05) is 18.5 Å². The number of aromatic nitrogens is 1. The molecule has 10 nitrogen and oxygen atoms in total. The van der Waals surface area contributed by atoms with Gasteiger partial charge in [0.1, 0.15) is 18.4 Å². The van der Waals surface area contributed by atoms with E-state index < -0.39 is 11.5 Å². The minimum atomic E-state index is -0.988. The molecule has 0 amide bonds. The maximum atomic E-state index is 12.8. The van der Waals surface area contributed by atoms with E-state index in [0.717, 1.165) is 79.9 Å². The van der Waals surface area contributed by atoms with Gasteiger partial charge in [0, 0.05) is 37.8 Å². The van der Waals surface area contributed by atoms with Crippen molar-refractivity contribution in [1.29, 1.82) is 0 Å². The zero-order valence-electron chi connectivity index (χ0n) is 32.0. The summed E-state index contributed by atoms with van der Waals surface area (Å²) in [6.45, 7) is 0.628. The Morgan fingerprint density at radius 3 is 2.62 bits per heavy atom. The fourth-order valence-corrected chi connectivity index (χ4v) is 11.5. The average molecular weight is 758 g/mol. The number of fused-ring (bicyclic) bond motifs is 7. The number of benzene rings is 2. The van der Waals surface area contributed by atoms with Crippen molar-refractivity contribution in [3.8, 4) is 0 Å². The van der Waals surface area contributed by atoms with Crippen LogP contribution in [0.3, 0.4) is 0 Å². The Bertz CT molecular complexity index is 2050. The van der Waals surface area contributed by atoms with Gasteiger partial charge >= 0.3 is 5.97 Å². The van der Waals surface area contributed by atoms with E-state index >= 15 is 0 Å². The lowest BCUT2D eigenvalue weighted by Gasteiger charge is -2.63. The Morgan fingerprint density at radius 2 is 1.86 bits per heavy atom. The lowest BCUT2D eigenvalue weighted by molar-refractivity contribution is -0.131. The number of allylic oxidation sites excluding steroid dienone is 3. The highest BCUT2D eigenvalue weighted by Crippen LogP contribution is 2.67. The molecule has 8 rings (SSSR count). The third-order valence-corrected chi connectivity index (χ3v) is 13.7. The van der Waals surface area contributed by atoms with E-state index in [2.05, 4.69) is 75.2 Å². The van der Waals surface area contributed by atoms with Gasteiger partial charge < -0.3 is 41.2 Å². The van der Waals surface area contributed by atoms with Crippen LogP contribution >= 0.6 is 0 Å². The third kappa shape index (κ3) is 7.12. The summed E-state index contributed by atoms with van der Waals surface area (Å²) in [6, 6.07) is 14.9. The Balaban J connectivity index is 1.22. The summed E-state index contributed by atoms with van der Waals surface area (Å²) in [5.74, 6) is 1.74. The smallest absolute Gasteiger partial charge is 0.328 e. The number of carbonyl (C=O) groups excluding carboxylic acids is 2. The van der Waals surface area contributed by atoms with Crippen LogP contribution < -0.4 is 16.4 Å². The quantitative estimate of drug-likeness (QED) is 0.0379. The molecular formula is C46H55N5O5. The SMILES string of the molecule is NC1=NCC[C@H](/C(=C\C(=O)O)[C@@]2(Nc3ccc[nH]3)C=C[C@@H]3C[C@H]2[C@H]2[C@@H]4C=C[C@H](CCCCC[C@H](C=O)CCCO)[C@H]2c2cc5cc(CC=O)ccc5cc2[C@@H]43)N1. The van der Waals surface area contributed by atoms with Crippen LogP contribution in [-0.4, -0.2) is 64.4 Å². The van der Waals surface area contributed by atoms with Crippen molar-refractivity contribution in [3.05, 3.63) is 101 Å². The number of aldehydes is 2. The highest BCUT2D eigenvalue weighted by molar-refractivity contribution is 5.87. The number of aliphatic hydroxyl groups is 1. The van der Waals surface area contributed by atoms with Crippen LogP contribution in [0.15, 0.2) is 89.6 Å². The van der Waals surface area contributed by atoms with Crippen LogP contribution in [0.5, 0.6) is 0 Å². The Labute approximate surface area is 328 Å². The molecule has 0 unspecified atom stereocenters. The summed E-state index contributed by atoms with van der Waals surface area (Å²) in [7, 11) is 0. The van der Waals surface area contributed by atoms with Crippen LogP contribution in [0.4, 0.5) is 5.82 Å². The summed E-state index contributed by atoms with van der Waals surface area (Å²) in [5, 5.41) is 29.4. The van der Waals surface area contributed by atoms with Crippen molar-refractivity contribution in [3.63, 3.8) is 0 Å². The van der Waals surface area contributed by atoms with Gasteiger partial charge in [-0.25, -0.2) is 4.79 Å². The topological polar surface area (TPSA) is 170 Å². The van der Waals surface area contributed by atoms with E-state index in [1.165, 1.54) is 22.6 Å². The van der Waals surface area contributed by atoms with Crippen molar-refractivity contribution >= 4 is 41.1 Å². The maximum absolute atomic E-state index is 12.8. The number of aromatic amines is 1. The van der Waals surface area contributed by atoms with Gasteiger partial charge in [0.2, 0.25) is 0 Å². The molecule has 7 N–H and O–H groups in total. The molecule has 0 saturated heterocycles. The number of nitrogens with two attached hydrogens (primary N) is 1. The normalized spacial score (nSPS) is 30.5. The number of anilines is 1. The molecule has 1 fully saturated rings. The molecule has 3 aromatic rings. The van der Waals surface area contributed by atoms with Gasteiger partial charge in [-0.1, -0.05) is 73.9 Å². The van der Waals surface area contributed by atoms with E-state index in [9.17, 15) is 24.6 Å². The number of aliphatic imine (C=N–C) groups is 1. The zero-order valence-corrected chi connectivity index (χ0v) is 32.0. The van der Waals surface area contributed by atoms with E-state index in [1.54, 1.807) is 0 Å². The number of unbranched alkanes of at least 4 members (excludes halogenated alkanes) is 2. The van der Waals surface area contributed by atoms with Gasteiger partial charge in [-0.15, -0.1) is 0 Å². The average Bonchev–Trinajstić information content (AvgIpc) is 3.71. The lowest BCUT2D eigenvalue weighted by atomic mass is 9.43. The van der Waals surface area contributed by atoms with Crippen LogP contribution in [0, 0.1) is 35.5 Å². The van der Waals surface area contributed by atoms with Gasteiger partial charge in [0.25, 0.3) is 0 Å². The molecule has 0 spiro atoms. The summed E-state index contributed by atoms with van der Waals surface area (Å²) in [4.78, 5) is 43.8. The molecule has 4 aliphatic carbocycles. The molecule has 2 aromatic carbocycles. The molecule has 2 heterocycles. The Kier molecular flexibility index (Phi) is 11.0. The fourth-order valence-electron chi connectivity index (χ4n) is 11.5.